The number of aliphatic hydroxyl groups excluding tert-OH is 1. The van der Waals surface area contributed by atoms with Crippen LogP contribution < -0.4 is 0 Å². The number of hydrogen-bond donors (Lipinski definition) is 1. The topological polar surface area (TPSA) is 32.7 Å². The van der Waals surface area contributed by atoms with Gasteiger partial charge in [0.2, 0.25) is 0 Å². The van der Waals surface area contributed by atoms with Crippen molar-refractivity contribution in [3.63, 3.8) is 0 Å². The van der Waals surface area contributed by atoms with E-state index in [-0.39, 0.29) is 5.54 Å². The standard InChI is InChI=1S/C18H27NO2/c1-14-11-15(2)13-16(12-14)17(20)18(5-3-4-6-18)19-7-9-21-10-8-19/h11-13,17,20H,3-10H2,1-2H3. The number of morpholine rings is 1. The molecule has 1 aliphatic carbocycles. The van der Waals surface area contributed by atoms with E-state index in [1.807, 2.05) is 0 Å². The number of aryl methyl sites for hydroxylation is 2. The van der Waals surface area contributed by atoms with Crippen LogP contribution in [0.1, 0.15) is 48.5 Å². The van der Waals surface area contributed by atoms with Gasteiger partial charge < -0.3 is 9.84 Å². The zero-order chi connectivity index (χ0) is 14.9. The zero-order valence-electron chi connectivity index (χ0n) is 13.3. The Morgan fingerprint density at radius 3 is 2.19 bits per heavy atom. The first-order valence-corrected chi connectivity index (χ1v) is 8.21. The fraction of sp³-hybridized carbons (Fsp3) is 0.667. The van der Waals surface area contributed by atoms with Crippen molar-refractivity contribution in [2.45, 2.75) is 51.2 Å². The first-order valence-electron chi connectivity index (χ1n) is 8.21. The third-order valence-corrected chi connectivity index (χ3v) is 5.18. The molecule has 0 spiro atoms. The van der Waals surface area contributed by atoms with Gasteiger partial charge in [-0.15, -0.1) is 0 Å². The van der Waals surface area contributed by atoms with Crippen LogP contribution in [0.15, 0.2) is 18.2 Å². The Labute approximate surface area is 127 Å². The molecule has 1 unspecified atom stereocenters. The Balaban J connectivity index is 1.92. The van der Waals surface area contributed by atoms with Gasteiger partial charge in [-0.1, -0.05) is 42.2 Å². The average molecular weight is 289 g/mol. The third kappa shape index (κ3) is 2.87. The normalized spacial score (nSPS) is 24.1. The monoisotopic (exact) mass is 289 g/mol. The second-order valence-corrected chi connectivity index (χ2v) is 6.73. The molecule has 0 aromatic heterocycles. The fourth-order valence-electron chi connectivity index (χ4n) is 4.24. The van der Waals surface area contributed by atoms with Crippen LogP contribution in [0.4, 0.5) is 0 Å². The van der Waals surface area contributed by atoms with Crippen molar-refractivity contribution < 1.29 is 9.84 Å². The molecule has 3 heteroatoms. The molecule has 1 aromatic carbocycles. The second-order valence-electron chi connectivity index (χ2n) is 6.73. The van der Waals surface area contributed by atoms with Crippen molar-refractivity contribution in [3.05, 3.63) is 34.9 Å². The predicted molar refractivity (Wildman–Crippen MR) is 84.5 cm³/mol. The van der Waals surface area contributed by atoms with E-state index in [2.05, 4.69) is 36.9 Å². The Morgan fingerprint density at radius 1 is 1.05 bits per heavy atom. The maximum Gasteiger partial charge on any atom is 0.0973 e. The Morgan fingerprint density at radius 2 is 1.62 bits per heavy atom. The van der Waals surface area contributed by atoms with Crippen molar-refractivity contribution >= 4 is 0 Å². The van der Waals surface area contributed by atoms with Gasteiger partial charge in [-0.3, -0.25) is 4.90 Å². The highest BCUT2D eigenvalue weighted by molar-refractivity contribution is 5.32. The summed E-state index contributed by atoms with van der Waals surface area (Å²) in [5, 5.41) is 11.2. The number of hydrogen-bond acceptors (Lipinski definition) is 3. The molecule has 1 saturated carbocycles. The molecular formula is C18H27NO2. The fourth-order valence-corrected chi connectivity index (χ4v) is 4.24. The lowest BCUT2D eigenvalue weighted by atomic mass is 9.83. The minimum atomic E-state index is -0.392. The van der Waals surface area contributed by atoms with Crippen LogP contribution in [0.5, 0.6) is 0 Å². The summed E-state index contributed by atoms with van der Waals surface area (Å²) in [6.07, 6.45) is 4.25. The maximum atomic E-state index is 11.2. The number of nitrogens with zero attached hydrogens (tertiary/aromatic N) is 1. The lowest BCUT2D eigenvalue weighted by Crippen LogP contribution is -2.55. The van der Waals surface area contributed by atoms with Gasteiger partial charge in [-0.25, -0.2) is 0 Å². The van der Waals surface area contributed by atoms with Crippen LogP contribution in [-0.4, -0.2) is 41.8 Å². The maximum absolute atomic E-state index is 11.2. The van der Waals surface area contributed by atoms with E-state index in [1.54, 1.807) is 0 Å². The summed E-state index contributed by atoms with van der Waals surface area (Å²) in [6.45, 7) is 7.70. The van der Waals surface area contributed by atoms with Crippen molar-refractivity contribution in [2.24, 2.45) is 0 Å². The SMILES string of the molecule is Cc1cc(C)cc(C(O)C2(N3CCOCC3)CCCC2)c1. The van der Waals surface area contributed by atoms with Crippen LogP contribution in [0.3, 0.4) is 0 Å². The molecule has 21 heavy (non-hydrogen) atoms. The molecule has 3 nitrogen and oxygen atoms in total. The van der Waals surface area contributed by atoms with Gasteiger partial charge in [0.05, 0.1) is 24.9 Å². The largest absolute Gasteiger partial charge is 0.386 e. The number of rotatable bonds is 3. The van der Waals surface area contributed by atoms with E-state index in [9.17, 15) is 5.11 Å². The third-order valence-electron chi connectivity index (χ3n) is 5.18. The van der Waals surface area contributed by atoms with Crippen LogP contribution in [0.2, 0.25) is 0 Å². The molecule has 1 aliphatic heterocycles. The minimum absolute atomic E-state index is 0.0794. The number of ether oxygens (including phenoxy) is 1. The summed E-state index contributed by atoms with van der Waals surface area (Å²) in [5.41, 5.74) is 3.48. The summed E-state index contributed by atoms with van der Waals surface area (Å²) in [5.74, 6) is 0. The summed E-state index contributed by atoms with van der Waals surface area (Å²) in [6, 6.07) is 6.47. The molecule has 0 bridgehead atoms. The van der Waals surface area contributed by atoms with E-state index in [1.165, 1.54) is 24.0 Å². The highest BCUT2D eigenvalue weighted by atomic mass is 16.5. The Bertz CT molecular complexity index is 468. The van der Waals surface area contributed by atoms with Crippen LogP contribution in [-0.2, 0) is 4.74 Å². The average Bonchev–Trinajstić information content (AvgIpc) is 2.97. The van der Waals surface area contributed by atoms with Gasteiger partial charge in [0, 0.05) is 13.1 Å². The van der Waals surface area contributed by atoms with Gasteiger partial charge in [0.15, 0.2) is 0 Å². The summed E-state index contributed by atoms with van der Waals surface area (Å²) >= 11 is 0. The minimum Gasteiger partial charge on any atom is -0.386 e. The van der Waals surface area contributed by atoms with Crippen LogP contribution in [0.25, 0.3) is 0 Å². The quantitative estimate of drug-likeness (QED) is 0.928. The molecule has 1 N–H and O–H groups in total. The predicted octanol–water partition coefficient (Wildman–Crippen LogP) is 2.98. The van der Waals surface area contributed by atoms with Crippen molar-refractivity contribution in [1.82, 2.24) is 4.90 Å². The smallest absolute Gasteiger partial charge is 0.0973 e. The highest BCUT2D eigenvalue weighted by Gasteiger charge is 2.46. The van der Waals surface area contributed by atoms with Gasteiger partial charge in [0.25, 0.3) is 0 Å². The van der Waals surface area contributed by atoms with Crippen molar-refractivity contribution in [3.8, 4) is 0 Å². The van der Waals surface area contributed by atoms with E-state index in [0.717, 1.165) is 44.7 Å². The molecule has 1 saturated heterocycles. The molecular weight excluding hydrogens is 262 g/mol. The van der Waals surface area contributed by atoms with Crippen molar-refractivity contribution in [1.29, 1.82) is 0 Å². The van der Waals surface area contributed by atoms with E-state index in [0.29, 0.717) is 0 Å². The van der Waals surface area contributed by atoms with Gasteiger partial charge in [0.1, 0.15) is 0 Å². The van der Waals surface area contributed by atoms with Crippen molar-refractivity contribution in [2.75, 3.05) is 26.3 Å². The van der Waals surface area contributed by atoms with Crippen LogP contribution >= 0.6 is 0 Å². The Kier molecular flexibility index (Phi) is 4.34. The Hall–Kier alpha value is -0.900. The first kappa shape index (κ1) is 15.0. The summed E-state index contributed by atoms with van der Waals surface area (Å²) < 4.78 is 5.50. The molecule has 2 aliphatic rings. The summed E-state index contributed by atoms with van der Waals surface area (Å²) in [7, 11) is 0. The second kappa shape index (κ2) is 6.07. The summed E-state index contributed by atoms with van der Waals surface area (Å²) in [4.78, 5) is 2.49. The lowest BCUT2D eigenvalue weighted by molar-refractivity contribution is -0.0774. The molecule has 116 valence electrons. The lowest BCUT2D eigenvalue weighted by Gasteiger charge is -2.46. The first-order chi connectivity index (χ1) is 10.1. The van der Waals surface area contributed by atoms with E-state index >= 15 is 0 Å². The molecule has 0 amide bonds. The molecule has 1 heterocycles. The highest BCUT2D eigenvalue weighted by Crippen LogP contribution is 2.45. The van der Waals surface area contributed by atoms with Gasteiger partial charge in [-0.2, -0.15) is 0 Å². The molecule has 3 rings (SSSR count). The zero-order valence-corrected chi connectivity index (χ0v) is 13.3. The number of benzene rings is 1. The molecule has 0 radical (unpaired) electrons. The van der Waals surface area contributed by atoms with Gasteiger partial charge in [-0.05, 0) is 32.3 Å². The van der Waals surface area contributed by atoms with Crippen LogP contribution in [0, 0.1) is 13.8 Å². The van der Waals surface area contributed by atoms with E-state index in [4.69, 9.17) is 4.74 Å². The molecule has 1 aromatic rings. The molecule has 2 fully saturated rings. The molecule has 1 atom stereocenters. The van der Waals surface area contributed by atoms with Gasteiger partial charge >= 0.3 is 0 Å². The van der Waals surface area contributed by atoms with E-state index < -0.39 is 6.10 Å². The number of aliphatic hydroxyl groups is 1.